The highest BCUT2D eigenvalue weighted by Gasteiger charge is 2.24. The largest absolute Gasteiger partial charge is 0.327 e. The Kier molecular flexibility index (Phi) is 7.15. The highest BCUT2D eigenvalue weighted by Crippen LogP contribution is 2.57. The average Bonchev–Trinajstić information content (AvgIpc) is 2.24. The zero-order chi connectivity index (χ0) is 14.5. The lowest BCUT2D eigenvalue weighted by atomic mass is 10.3. The molecule has 0 radical (unpaired) electrons. The molecule has 0 aromatic carbocycles. The molecule has 1 N–H and O–H groups in total. The van der Waals surface area contributed by atoms with Crippen LogP contribution in [-0.4, -0.2) is 17.6 Å². The molecule has 1 aromatic heterocycles. The number of nitrogens with zero attached hydrogens (tertiary/aromatic N) is 1. The maximum atomic E-state index is 12.5. The van der Waals surface area contributed by atoms with E-state index in [9.17, 15) is 4.57 Å². The highest BCUT2D eigenvalue weighted by molar-refractivity contribution is 8.55. The normalized spacial score (nSPS) is 14.6. The summed E-state index contributed by atoms with van der Waals surface area (Å²) in [6.07, 6.45) is 0. The summed E-state index contributed by atoms with van der Waals surface area (Å²) in [5.41, 5.74) is 0.862. The van der Waals surface area contributed by atoms with Crippen LogP contribution in [0.5, 0.6) is 0 Å². The maximum absolute atomic E-state index is 12.5. The molecule has 1 aromatic rings. The Morgan fingerprint density at radius 1 is 1.42 bits per heavy atom. The van der Waals surface area contributed by atoms with Gasteiger partial charge in [-0.2, -0.15) is 0 Å². The smallest absolute Gasteiger partial charge is 0.310 e. The van der Waals surface area contributed by atoms with E-state index < -0.39 is 6.72 Å². The van der Waals surface area contributed by atoms with Gasteiger partial charge in [-0.3, -0.25) is 4.57 Å². The van der Waals surface area contributed by atoms with Gasteiger partial charge in [0.05, 0.1) is 6.61 Å². The Balaban J connectivity index is 2.73. The van der Waals surface area contributed by atoms with Gasteiger partial charge >= 0.3 is 6.72 Å². The molecule has 0 aliphatic rings. The number of hydrogen-bond acceptors (Lipinski definition) is 4. The summed E-state index contributed by atoms with van der Waals surface area (Å²) in [6.45, 7) is 3.14. The Bertz CT molecular complexity index is 454. The second kappa shape index (κ2) is 7.87. The van der Waals surface area contributed by atoms with Crippen molar-refractivity contribution in [3.05, 3.63) is 28.0 Å². The Hall–Kier alpha value is 0.230. The van der Waals surface area contributed by atoms with Crippen molar-refractivity contribution >= 4 is 41.3 Å². The van der Waals surface area contributed by atoms with Crippen molar-refractivity contribution in [2.24, 2.45) is 0 Å². The van der Waals surface area contributed by atoms with Crippen molar-refractivity contribution in [1.29, 1.82) is 0 Å². The summed E-state index contributed by atoms with van der Waals surface area (Å²) in [5.74, 6) is 0.485. The molecule has 0 fully saturated rings. The van der Waals surface area contributed by atoms with Crippen molar-refractivity contribution < 1.29 is 9.09 Å². The molecule has 1 atom stereocenters. The fourth-order valence-corrected chi connectivity index (χ4v) is 5.90. The lowest BCUT2D eigenvalue weighted by molar-refractivity contribution is 0.335. The fraction of sp³-hybridized carbons (Fsp3) is 0.545. The summed E-state index contributed by atoms with van der Waals surface area (Å²) in [5, 5.41) is 3.62. The molecule has 0 amide bonds. The predicted octanol–water partition coefficient (Wildman–Crippen LogP) is 4.76. The van der Waals surface area contributed by atoms with Crippen molar-refractivity contribution in [2.75, 3.05) is 6.61 Å². The summed E-state index contributed by atoms with van der Waals surface area (Å²) in [6, 6.07) is 3.48. The van der Waals surface area contributed by atoms with E-state index in [2.05, 4.69) is 10.1 Å². The van der Waals surface area contributed by atoms with Gasteiger partial charge in [-0.1, -0.05) is 23.2 Å². The van der Waals surface area contributed by atoms with Crippen molar-refractivity contribution in [2.45, 2.75) is 32.6 Å². The van der Waals surface area contributed by atoms with Crippen LogP contribution >= 0.6 is 41.3 Å². The topological polar surface area (TPSA) is 51.2 Å². The summed E-state index contributed by atoms with van der Waals surface area (Å²) in [4.78, 5) is 3.87. The van der Waals surface area contributed by atoms with Crippen molar-refractivity contribution in [1.82, 2.24) is 10.1 Å². The number of halogens is 2. The number of nitrogens with one attached hydrogen (secondary N) is 1. The molecule has 0 saturated heterocycles. The first-order valence-electron chi connectivity index (χ1n) is 5.83. The second-order valence-electron chi connectivity index (χ2n) is 4.09. The molecule has 0 spiro atoms. The van der Waals surface area contributed by atoms with E-state index >= 15 is 0 Å². The summed E-state index contributed by atoms with van der Waals surface area (Å²) >= 11 is 12.9. The number of aromatic nitrogens is 1. The van der Waals surface area contributed by atoms with Gasteiger partial charge in [-0.25, -0.2) is 10.1 Å². The second-order valence-corrected chi connectivity index (χ2v) is 9.14. The van der Waals surface area contributed by atoms with E-state index in [0.717, 1.165) is 5.56 Å². The van der Waals surface area contributed by atoms with Crippen LogP contribution < -0.4 is 5.09 Å². The molecule has 1 heterocycles. The first-order valence-corrected chi connectivity index (χ1v) is 9.80. The average molecular weight is 343 g/mol. The molecule has 8 heteroatoms. The van der Waals surface area contributed by atoms with Gasteiger partial charge < -0.3 is 4.52 Å². The van der Waals surface area contributed by atoms with E-state index in [1.54, 1.807) is 12.1 Å². The van der Waals surface area contributed by atoms with E-state index in [1.807, 2.05) is 20.8 Å². The van der Waals surface area contributed by atoms with Crippen LogP contribution in [0, 0.1) is 0 Å². The number of pyridine rings is 1. The molecular weight excluding hydrogens is 326 g/mol. The lowest BCUT2D eigenvalue weighted by Gasteiger charge is -2.20. The van der Waals surface area contributed by atoms with E-state index in [-0.39, 0.29) is 6.04 Å². The minimum absolute atomic E-state index is 0.0782. The first kappa shape index (κ1) is 17.3. The molecule has 0 saturated carbocycles. The van der Waals surface area contributed by atoms with Crippen molar-refractivity contribution in [3.8, 4) is 0 Å². The molecule has 1 unspecified atom stereocenters. The van der Waals surface area contributed by atoms with Gasteiger partial charge in [-0.15, -0.1) is 0 Å². The van der Waals surface area contributed by atoms with Gasteiger partial charge in [0.15, 0.2) is 0 Å². The minimum atomic E-state index is -2.91. The third kappa shape index (κ3) is 6.48. The standard InChI is InChI=1S/C11H17Cl2N2O2PS/c1-4-17-18(16,15-8(2)3)19-7-9-5-10(12)14-11(13)6-9/h5-6,8H,4,7H2,1-3H3,(H,15,16). The van der Waals surface area contributed by atoms with Crippen LogP contribution in [0.3, 0.4) is 0 Å². The van der Waals surface area contributed by atoms with Gasteiger partial charge in [0.1, 0.15) is 10.3 Å². The highest BCUT2D eigenvalue weighted by atomic mass is 35.5. The van der Waals surface area contributed by atoms with Crippen LogP contribution in [0.2, 0.25) is 10.3 Å². The zero-order valence-electron chi connectivity index (χ0n) is 11.0. The molecule has 0 bridgehead atoms. The summed E-state index contributed by atoms with van der Waals surface area (Å²) < 4.78 is 17.9. The van der Waals surface area contributed by atoms with Crippen LogP contribution in [0.15, 0.2) is 12.1 Å². The quantitative estimate of drug-likeness (QED) is 0.571. The van der Waals surface area contributed by atoms with E-state index in [0.29, 0.717) is 22.7 Å². The van der Waals surface area contributed by atoms with Gasteiger partial charge in [0.25, 0.3) is 0 Å². The van der Waals surface area contributed by atoms with Gasteiger partial charge in [0.2, 0.25) is 0 Å². The third-order valence-corrected chi connectivity index (χ3v) is 6.60. The SMILES string of the molecule is CCOP(=O)(NC(C)C)SCc1cc(Cl)nc(Cl)c1. The number of hydrogen-bond donors (Lipinski definition) is 1. The van der Waals surface area contributed by atoms with Crippen LogP contribution in [0.25, 0.3) is 0 Å². The Labute approximate surface area is 127 Å². The Morgan fingerprint density at radius 3 is 2.47 bits per heavy atom. The van der Waals surface area contributed by atoms with Crippen molar-refractivity contribution in [3.63, 3.8) is 0 Å². The maximum Gasteiger partial charge on any atom is 0.327 e. The van der Waals surface area contributed by atoms with E-state index in [1.165, 1.54) is 11.4 Å². The minimum Gasteiger partial charge on any atom is -0.310 e. The van der Waals surface area contributed by atoms with Crippen LogP contribution in [-0.2, 0) is 14.8 Å². The van der Waals surface area contributed by atoms with Gasteiger partial charge in [0, 0.05) is 11.8 Å². The van der Waals surface area contributed by atoms with E-state index in [4.69, 9.17) is 27.7 Å². The van der Waals surface area contributed by atoms with Gasteiger partial charge in [-0.05, 0) is 49.8 Å². The number of rotatable bonds is 7. The summed E-state index contributed by atoms with van der Waals surface area (Å²) in [7, 11) is 0. The predicted molar refractivity (Wildman–Crippen MR) is 83.1 cm³/mol. The molecular formula is C11H17Cl2N2O2PS. The molecule has 1 rings (SSSR count). The third-order valence-electron chi connectivity index (χ3n) is 1.94. The fourth-order valence-electron chi connectivity index (χ4n) is 1.36. The monoisotopic (exact) mass is 342 g/mol. The zero-order valence-corrected chi connectivity index (χ0v) is 14.2. The molecule has 0 aliphatic carbocycles. The molecule has 4 nitrogen and oxygen atoms in total. The van der Waals surface area contributed by atoms with Crippen LogP contribution in [0.1, 0.15) is 26.3 Å². The Morgan fingerprint density at radius 2 is 2.00 bits per heavy atom. The molecule has 19 heavy (non-hydrogen) atoms. The van der Waals surface area contributed by atoms with Crippen LogP contribution in [0.4, 0.5) is 0 Å². The lowest BCUT2D eigenvalue weighted by Crippen LogP contribution is -2.19. The molecule has 108 valence electrons. The molecule has 0 aliphatic heterocycles. The first-order chi connectivity index (χ1) is 8.84.